The molecule has 6 nitrogen and oxygen atoms in total. The lowest BCUT2D eigenvalue weighted by Crippen LogP contribution is -2.36. The number of ether oxygens (including phenoxy) is 2. The number of carbonyl (C=O) groups excluding carboxylic acids is 1. The number of rotatable bonds is 3. The Bertz CT molecular complexity index is 952. The molecule has 132 valence electrons. The molecule has 0 N–H and O–H groups in total. The summed E-state index contributed by atoms with van der Waals surface area (Å²) in [6, 6.07) is 13.3. The summed E-state index contributed by atoms with van der Waals surface area (Å²) in [5.74, 6) is 0.517. The number of anilines is 1. The molecule has 6 heteroatoms. The van der Waals surface area contributed by atoms with Crippen molar-refractivity contribution in [3.63, 3.8) is 0 Å². The van der Waals surface area contributed by atoms with E-state index in [-0.39, 0.29) is 5.97 Å². The van der Waals surface area contributed by atoms with Gasteiger partial charge in [-0.3, -0.25) is 4.98 Å². The molecule has 0 unspecified atom stereocenters. The van der Waals surface area contributed by atoms with Crippen LogP contribution in [-0.2, 0) is 9.47 Å². The second kappa shape index (κ2) is 7.09. The molecule has 1 aliphatic rings. The van der Waals surface area contributed by atoms with Crippen molar-refractivity contribution in [3.8, 4) is 11.1 Å². The molecule has 0 bridgehead atoms. The van der Waals surface area contributed by atoms with Gasteiger partial charge >= 0.3 is 5.97 Å². The van der Waals surface area contributed by atoms with Crippen LogP contribution in [0.1, 0.15) is 10.4 Å². The Labute approximate surface area is 151 Å². The highest BCUT2D eigenvalue weighted by molar-refractivity contribution is 5.91. The Morgan fingerprint density at radius 1 is 1.08 bits per heavy atom. The summed E-state index contributed by atoms with van der Waals surface area (Å²) in [6.07, 6.45) is 1.81. The van der Waals surface area contributed by atoms with Crippen molar-refractivity contribution < 1.29 is 14.3 Å². The van der Waals surface area contributed by atoms with Crippen LogP contribution in [0.3, 0.4) is 0 Å². The number of aromatic nitrogens is 2. The zero-order chi connectivity index (χ0) is 17.9. The molecule has 0 saturated carbocycles. The van der Waals surface area contributed by atoms with Gasteiger partial charge < -0.3 is 14.4 Å². The molecule has 0 amide bonds. The maximum atomic E-state index is 11.8. The van der Waals surface area contributed by atoms with Gasteiger partial charge in [-0.05, 0) is 35.4 Å². The van der Waals surface area contributed by atoms with E-state index in [4.69, 9.17) is 14.5 Å². The van der Waals surface area contributed by atoms with Crippen molar-refractivity contribution in [3.05, 3.63) is 54.2 Å². The molecular weight excluding hydrogens is 330 g/mol. The highest BCUT2D eigenvalue weighted by Crippen LogP contribution is 2.25. The highest BCUT2D eigenvalue weighted by Gasteiger charge is 2.14. The van der Waals surface area contributed by atoms with E-state index in [9.17, 15) is 4.79 Å². The Morgan fingerprint density at radius 3 is 2.69 bits per heavy atom. The van der Waals surface area contributed by atoms with Crippen LogP contribution in [0.4, 0.5) is 5.82 Å². The van der Waals surface area contributed by atoms with Gasteiger partial charge in [-0.25, -0.2) is 9.78 Å². The standard InChI is InChI=1S/C20H19N3O3/c1-25-20(24)16-4-2-3-14(11-16)15-5-6-17-18(12-15)22-19(13-21-17)23-7-9-26-10-8-23/h2-6,11-13H,7-10H2,1H3. The van der Waals surface area contributed by atoms with Crippen molar-refractivity contribution in [1.29, 1.82) is 0 Å². The van der Waals surface area contributed by atoms with Crippen molar-refractivity contribution in [1.82, 2.24) is 9.97 Å². The fourth-order valence-electron chi connectivity index (χ4n) is 3.07. The van der Waals surface area contributed by atoms with Gasteiger partial charge in [0.05, 0.1) is 43.1 Å². The van der Waals surface area contributed by atoms with Crippen LogP contribution in [-0.4, -0.2) is 49.4 Å². The molecule has 0 atom stereocenters. The van der Waals surface area contributed by atoms with Crippen molar-refractivity contribution in [2.45, 2.75) is 0 Å². The first-order chi connectivity index (χ1) is 12.7. The van der Waals surface area contributed by atoms with Crippen LogP contribution in [0.25, 0.3) is 22.2 Å². The molecule has 1 saturated heterocycles. The second-order valence-corrected chi connectivity index (χ2v) is 6.10. The van der Waals surface area contributed by atoms with Gasteiger partial charge in [0, 0.05) is 13.1 Å². The van der Waals surface area contributed by atoms with E-state index in [1.54, 1.807) is 6.07 Å². The van der Waals surface area contributed by atoms with Gasteiger partial charge in [0.25, 0.3) is 0 Å². The zero-order valence-electron chi connectivity index (χ0n) is 14.5. The first-order valence-electron chi connectivity index (χ1n) is 8.53. The molecular formula is C20H19N3O3. The summed E-state index contributed by atoms with van der Waals surface area (Å²) in [7, 11) is 1.38. The largest absolute Gasteiger partial charge is 0.465 e. The predicted molar refractivity (Wildman–Crippen MR) is 99.3 cm³/mol. The summed E-state index contributed by atoms with van der Waals surface area (Å²) in [4.78, 5) is 23.3. The Morgan fingerprint density at radius 2 is 1.88 bits per heavy atom. The number of carbonyl (C=O) groups is 1. The monoisotopic (exact) mass is 349 g/mol. The van der Waals surface area contributed by atoms with Gasteiger partial charge in [0.2, 0.25) is 0 Å². The first kappa shape index (κ1) is 16.5. The van der Waals surface area contributed by atoms with E-state index in [1.165, 1.54) is 7.11 Å². The van der Waals surface area contributed by atoms with Gasteiger partial charge in [-0.2, -0.15) is 0 Å². The lowest BCUT2D eigenvalue weighted by Gasteiger charge is -2.27. The number of benzene rings is 2. The summed E-state index contributed by atoms with van der Waals surface area (Å²) in [5.41, 5.74) is 4.12. The zero-order valence-corrected chi connectivity index (χ0v) is 14.5. The smallest absolute Gasteiger partial charge is 0.337 e. The average molecular weight is 349 g/mol. The molecule has 2 aromatic carbocycles. The third-order valence-electron chi connectivity index (χ3n) is 4.48. The number of nitrogens with zero attached hydrogens (tertiary/aromatic N) is 3. The molecule has 3 aromatic rings. The van der Waals surface area contributed by atoms with Gasteiger partial charge in [0.1, 0.15) is 5.82 Å². The lowest BCUT2D eigenvalue weighted by molar-refractivity contribution is 0.0601. The minimum atomic E-state index is -0.345. The van der Waals surface area contributed by atoms with E-state index in [1.807, 2.05) is 42.6 Å². The van der Waals surface area contributed by atoms with E-state index < -0.39 is 0 Å². The predicted octanol–water partition coefficient (Wildman–Crippen LogP) is 2.92. The SMILES string of the molecule is COC(=O)c1cccc(-c2ccc3ncc(N4CCOCC4)nc3c2)c1. The summed E-state index contributed by atoms with van der Waals surface area (Å²) in [6.45, 7) is 3.06. The van der Waals surface area contributed by atoms with E-state index in [2.05, 4.69) is 9.88 Å². The number of fused-ring (bicyclic) bond motifs is 1. The molecule has 0 radical (unpaired) electrons. The molecule has 1 fully saturated rings. The summed E-state index contributed by atoms with van der Waals surface area (Å²) < 4.78 is 10.2. The van der Waals surface area contributed by atoms with Crippen molar-refractivity contribution in [2.24, 2.45) is 0 Å². The Hall–Kier alpha value is -2.99. The van der Waals surface area contributed by atoms with E-state index in [0.29, 0.717) is 18.8 Å². The van der Waals surface area contributed by atoms with Crippen LogP contribution in [0, 0.1) is 0 Å². The minimum absolute atomic E-state index is 0.345. The van der Waals surface area contributed by atoms with Gasteiger partial charge in [-0.15, -0.1) is 0 Å². The number of methoxy groups -OCH3 is 1. The number of morpholine rings is 1. The molecule has 0 aliphatic carbocycles. The van der Waals surface area contributed by atoms with Gasteiger partial charge in [-0.1, -0.05) is 18.2 Å². The van der Waals surface area contributed by atoms with E-state index >= 15 is 0 Å². The third kappa shape index (κ3) is 3.23. The normalized spacial score (nSPS) is 14.4. The van der Waals surface area contributed by atoms with E-state index in [0.717, 1.165) is 41.1 Å². The maximum Gasteiger partial charge on any atom is 0.337 e. The molecule has 0 spiro atoms. The Balaban J connectivity index is 1.71. The highest BCUT2D eigenvalue weighted by atomic mass is 16.5. The van der Waals surface area contributed by atoms with Crippen molar-refractivity contribution >= 4 is 22.8 Å². The van der Waals surface area contributed by atoms with Crippen LogP contribution >= 0.6 is 0 Å². The topological polar surface area (TPSA) is 64.5 Å². The first-order valence-corrected chi connectivity index (χ1v) is 8.53. The molecule has 1 aromatic heterocycles. The third-order valence-corrected chi connectivity index (χ3v) is 4.48. The van der Waals surface area contributed by atoms with Crippen LogP contribution < -0.4 is 4.90 Å². The maximum absolute atomic E-state index is 11.8. The molecule has 2 heterocycles. The van der Waals surface area contributed by atoms with Crippen LogP contribution in [0.2, 0.25) is 0 Å². The number of esters is 1. The summed E-state index contributed by atoms with van der Waals surface area (Å²) in [5, 5.41) is 0. The van der Waals surface area contributed by atoms with Gasteiger partial charge in [0.15, 0.2) is 0 Å². The molecule has 1 aliphatic heterocycles. The van der Waals surface area contributed by atoms with Crippen LogP contribution in [0.5, 0.6) is 0 Å². The lowest BCUT2D eigenvalue weighted by atomic mass is 10.0. The van der Waals surface area contributed by atoms with Crippen molar-refractivity contribution in [2.75, 3.05) is 38.3 Å². The fourth-order valence-corrected chi connectivity index (χ4v) is 3.07. The number of hydrogen-bond acceptors (Lipinski definition) is 6. The molecule has 26 heavy (non-hydrogen) atoms. The number of hydrogen-bond donors (Lipinski definition) is 0. The van der Waals surface area contributed by atoms with Crippen LogP contribution in [0.15, 0.2) is 48.7 Å². The quantitative estimate of drug-likeness (QED) is 0.678. The summed E-state index contributed by atoms with van der Waals surface area (Å²) >= 11 is 0. The molecule has 4 rings (SSSR count). The average Bonchev–Trinajstić information content (AvgIpc) is 2.73. The Kier molecular flexibility index (Phi) is 4.50. The minimum Gasteiger partial charge on any atom is -0.465 e. The second-order valence-electron chi connectivity index (χ2n) is 6.10. The fraction of sp³-hybridized carbons (Fsp3) is 0.250.